The molecule has 1 aliphatic heterocycles. The highest BCUT2D eigenvalue weighted by molar-refractivity contribution is 8.17. The van der Waals surface area contributed by atoms with Crippen LogP contribution in [0, 0.1) is 5.41 Å². The third-order valence-electron chi connectivity index (χ3n) is 13.9. The van der Waals surface area contributed by atoms with Crippen molar-refractivity contribution in [3.63, 3.8) is 0 Å². The van der Waals surface area contributed by atoms with Gasteiger partial charge in [-0.05, 0) is 159 Å². The van der Waals surface area contributed by atoms with Crippen molar-refractivity contribution < 1.29 is 38.1 Å². The van der Waals surface area contributed by atoms with Crippen LogP contribution in [0.2, 0.25) is 16.6 Å². The molecule has 0 radical (unpaired) electrons. The molecule has 1 saturated heterocycles. The topological polar surface area (TPSA) is 141 Å². The first-order valence-electron chi connectivity index (χ1n) is 25.1. The van der Waals surface area contributed by atoms with Gasteiger partial charge in [-0.25, -0.2) is 10.2 Å². The van der Waals surface area contributed by atoms with Gasteiger partial charge < -0.3 is 33.6 Å². The molecule has 0 saturated carbocycles. The van der Waals surface area contributed by atoms with Crippen molar-refractivity contribution in [3.05, 3.63) is 71.3 Å². The molecule has 1 fully saturated rings. The SMILES string of the molecule is CCn1c(-c2cc(P(C)(C)=S)ccc2[C@H](C)OC)c(CC(C)(C)CO)c2cc(-c3cc(C[C@H](NC(=O)OC(C)(C)C)C(=O)N4CCC[C@@H](C(=O)OC)N4)cc(O[Si](C(C)C)(C(C)C)C(C)C)c3)ccc21. The van der Waals surface area contributed by atoms with E-state index in [9.17, 15) is 19.5 Å². The van der Waals surface area contributed by atoms with E-state index in [-0.39, 0.29) is 35.8 Å². The first-order chi connectivity index (χ1) is 32.6. The Morgan fingerprint density at radius 1 is 0.914 bits per heavy atom. The van der Waals surface area contributed by atoms with Crippen molar-refractivity contribution >= 4 is 60.3 Å². The van der Waals surface area contributed by atoms with Gasteiger partial charge in [-0.15, -0.1) is 0 Å². The highest BCUT2D eigenvalue weighted by Gasteiger charge is 2.47. The van der Waals surface area contributed by atoms with Crippen molar-refractivity contribution in [1.82, 2.24) is 20.3 Å². The maximum atomic E-state index is 14.6. The van der Waals surface area contributed by atoms with Gasteiger partial charge in [-0.2, -0.15) is 0 Å². The average molecular weight is 1020 g/mol. The van der Waals surface area contributed by atoms with Gasteiger partial charge in [0.1, 0.15) is 23.4 Å². The Labute approximate surface area is 425 Å². The lowest BCUT2D eigenvalue weighted by Crippen LogP contribution is -2.60. The third kappa shape index (κ3) is 12.9. The number of hydrogen-bond acceptors (Lipinski definition) is 10. The number of fused-ring (bicyclic) bond motifs is 1. The molecule has 12 nitrogen and oxygen atoms in total. The van der Waals surface area contributed by atoms with Crippen molar-refractivity contribution in [1.29, 1.82) is 0 Å². The number of hydrogen-bond donors (Lipinski definition) is 3. The van der Waals surface area contributed by atoms with E-state index < -0.39 is 55.4 Å². The Balaban J connectivity index is 1.80. The van der Waals surface area contributed by atoms with Crippen LogP contribution in [0.3, 0.4) is 0 Å². The molecule has 386 valence electrons. The molecule has 1 aromatic heterocycles. The minimum Gasteiger partial charge on any atom is -0.543 e. The van der Waals surface area contributed by atoms with Crippen LogP contribution in [-0.4, -0.2) is 99.4 Å². The Kier molecular flexibility index (Phi) is 18.5. The summed E-state index contributed by atoms with van der Waals surface area (Å²) in [4.78, 5) is 40.9. The number of aliphatic hydroxyl groups is 1. The summed E-state index contributed by atoms with van der Waals surface area (Å²) in [6.45, 7) is 32.7. The minimum absolute atomic E-state index is 0.000467. The first kappa shape index (κ1) is 56.9. The number of nitrogens with one attached hydrogen (secondary N) is 2. The fourth-order valence-corrected chi connectivity index (χ4v) is 16.9. The lowest BCUT2D eigenvalue weighted by Gasteiger charge is -2.42. The molecule has 2 heterocycles. The zero-order chi connectivity index (χ0) is 52.3. The van der Waals surface area contributed by atoms with Crippen LogP contribution in [-0.2, 0) is 55.0 Å². The van der Waals surface area contributed by atoms with Crippen LogP contribution in [0.15, 0.2) is 54.6 Å². The fourth-order valence-electron chi connectivity index (χ4n) is 10.4. The van der Waals surface area contributed by atoms with Crippen LogP contribution in [0.25, 0.3) is 33.3 Å². The largest absolute Gasteiger partial charge is 0.543 e. The number of rotatable bonds is 19. The van der Waals surface area contributed by atoms with Crippen LogP contribution >= 0.6 is 6.04 Å². The number of nitrogens with zero attached hydrogens (tertiary/aromatic N) is 2. The van der Waals surface area contributed by atoms with Crippen LogP contribution in [0.4, 0.5) is 4.79 Å². The number of esters is 1. The summed E-state index contributed by atoms with van der Waals surface area (Å²) in [7, 11) is 0.561. The quantitative estimate of drug-likeness (QED) is 0.0472. The lowest BCUT2D eigenvalue weighted by molar-refractivity contribution is -0.150. The van der Waals surface area contributed by atoms with Gasteiger partial charge in [0.05, 0.1) is 18.9 Å². The molecular weight excluding hydrogens is 936 g/mol. The number of alkyl carbamates (subject to hydrolysis) is 1. The Hall–Kier alpha value is -4.04. The van der Waals surface area contributed by atoms with Gasteiger partial charge in [-0.3, -0.25) is 14.6 Å². The standard InChI is InChI=1S/C55H83N4O8PSSi/c1-18-58-49-24-21-39(30-44(49)46(32-55(12,13)33-60)50(58)45-31-42(68(16,17)69)22-23-43(45)37(8)64-14)40-26-38(27-41(29-40)67-70(34(2)3,35(4)5)36(6)7)28-48(56-53(63)66-54(9,10)11)51(61)59-25-19-20-47(57-59)52(62)65-15/h21-24,26-27,29-31,34-37,47-48,57,60H,18-20,25,28,32-33H2,1-17H3,(H,56,63)/t37-,47-,48-/m0/s1. The van der Waals surface area contributed by atoms with E-state index in [1.54, 1.807) is 27.9 Å². The smallest absolute Gasteiger partial charge is 0.408 e. The van der Waals surface area contributed by atoms with Crippen molar-refractivity contribution in [2.75, 3.05) is 40.7 Å². The second-order valence-corrected chi connectivity index (χ2v) is 33.7. The Bertz CT molecular complexity index is 2540. The highest BCUT2D eigenvalue weighted by Crippen LogP contribution is 2.46. The molecule has 3 atom stereocenters. The monoisotopic (exact) mass is 1020 g/mol. The number of benzene rings is 3. The molecule has 0 unspecified atom stereocenters. The number of aliphatic hydroxyl groups excluding tert-OH is 1. The number of aryl methyl sites for hydroxylation is 1. The van der Waals surface area contributed by atoms with Gasteiger partial charge in [-0.1, -0.05) is 91.5 Å². The van der Waals surface area contributed by atoms with Gasteiger partial charge in [0.15, 0.2) is 0 Å². The maximum absolute atomic E-state index is 14.6. The van der Waals surface area contributed by atoms with E-state index in [1.807, 2.05) is 6.07 Å². The molecule has 0 aliphatic carbocycles. The molecule has 0 spiro atoms. The van der Waals surface area contributed by atoms with Gasteiger partial charge in [0.2, 0.25) is 0 Å². The van der Waals surface area contributed by atoms with E-state index in [0.29, 0.717) is 38.1 Å². The molecule has 3 N–H and O–H groups in total. The summed E-state index contributed by atoms with van der Waals surface area (Å²) >= 11 is 6.13. The van der Waals surface area contributed by atoms with E-state index in [0.717, 1.165) is 55.3 Å². The summed E-state index contributed by atoms with van der Waals surface area (Å²) in [5, 5.41) is 17.4. The fraction of sp³-hybridized carbons (Fsp3) is 0.582. The number of ether oxygens (including phenoxy) is 3. The normalized spacial score (nSPS) is 16.0. The molecule has 3 aromatic carbocycles. The van der Waals surface area contributed by atoms with E-state index in [1.165, 1.54) is 12.1 Å². The molecule has 5 rings (SSSR count). The van der Waals surface area contributed by atoms with E-state index in [2.05, 4.69) is 146 Å². The molecule has 70 heavy (non-hydrogen) atoms. The number of aromatic nitrogens is 1. The number of methoxy groups -OCH3 is 2. The summed E-state index contributed by atoms with van der Waals surface area (Å²) in [5.74, 6) is -0.154. The van der Waals surface area contributed by atoms with E-state index in [4.69, 9.17) is 30.4 Å². The number of carbonyl (C=O) groups excluding carboxylic acids is 3. The minimum atomic E-state index is -2.51. The van der Waals surface area contributed by atoms with Crippen molar-refractivity contribution in [2.24, 2.45) is 5.41 Å². The third-order valence-corrected chi connectivity index (χ3v) is 22.1. The van der Waals surface area contributed by atoms with Crippen molar-refractivity contribution in [3.8, 4) is 28.1 Å². The Morgan fingerprint density at radius 3 is 2.13 bits per heavy atom. The second kappa shape index (κ2) is 22.8. The maximum Gasteiger partial charge on any atom is 0.408 e. The summed E-state index contributed by atoms with van der Waals surface area (Å²) in [6, 6.07) is 15.8. The molecule has 2 amide bonds. The number of carbonyl (C=O) groups is 3. The molecular formula is C55H83N4O8PSSi. The predicted octanol–water partition coefficient (Wildman–Crippen LogP) is 11.3. The number of amides is 2. The highest BCUT2D eigenvalue weighted by atomic mass is 32.4. The first-order valence-corrected chi connectivity index (χ1v) is 30.9. The average Bonchev–Trinajstić information content (AvgIpc) is 3.59. The van der Waals surface area contributed by atoms with Crippen LogP contribution in [0.1, 0.15) is 126 Å². The van der Waals surface area contributed by atoms with E-state index >= 15 is 0 Å². The molecule has 4 aromatic rings. The summed E-state index contributed by atoms with van der Waals surface area (Å²) in [5.41, 5.74) is 10.7. The van der Waals surface area contributed by atoms with Gasteiger partial charge in [0, 0.05) is 49.7 Å². The zero-order valence-corrected chi connectivity index (χ0v) is 47.9. The van der Waals surface area contributed by atoms with Crippen LogP contribution in [0.5, 0.6) is 5.75 Å². The van der Waals surface area contributed by atoms with Gasteiger partial charge >= 0.3 is 12.1 Å². The van der Waals surface area contributed by atoms with Gasteiger partial charge in [0.25, 0.3) is 14.2 Å². The number of hydrazine groups is 1. The molecule has 15 heteroatoms. The summed E-state index contributed by atoms with van der Waals surface area (Å²) in [6.07, 6.45) is 0.882. The second-order valence-electron chi connectivity index (χ2n) is 22.3. The lowest BCUT2D eigenvalue weighted by atomic mass is 9.83. The van der Waals surface area contributed by atoms with Crippen LogP contribution < -0.4 is 20.5 Å². The predicted molar refractivity (Wildman–Crippen MR) is 293 cm³/mol. The molecule has 0 bridgehead atoms. The van der Waals surface area contributed by atoms with Crippen molar-refractivity contribution in [2.45, 2.75) is 163 Å². The summed E-state index contributed by atoms with van der Waals surface area (Å²) < 4.78 is 26.6. The molecule has 1 aliphatic rings. The Morgan fingerprint density at radius 2 is 1.57 bits per heavy atom. The zero-order valence-electron chi connectivity index (χ0n) is 45.2.